The maximum Gasteiger partial charge on any atom is 0.264 e. The first kappa shape index (κ1) is 32.6. The minimum absolute atomic E-state index is 0.171. The number of amides is 1. The van der Waals surface area contributed by atoms with E-state index in [1.807, 2.05) is 13.0 Å². The number of sulfonamides is 1. The first-order chi connectivity index (χ1) is 21.0. The lowest BCUT2D eigenvalue weighted by molar-refractivity contribution is 0.0178. The zero-order chi connectivity index (χ0) is 31.6. The molecule has 2 aromatic rings. The Morgan fingerprint density at radius 2 is 1.95 bits per heavy atom. The second-order valence-electron chi connectivity index (χ2n) is 13.1. The summed E-state index contributed by atoms with van der Waals surface area (Å²) in [5.74, 6) is 0.254. The third-order valence-electron chi connectivity index (χ3n) is 10.2. The second-order valence-corrected chi connectivity index (χ2v) is 15.5. The summed E-state index contributed by atoms with van der Waals surface area (Å²) in [7, 11) is -3.91. The van der Waals surface area contributed by atoms with E-state index in [9.17, 15) is 18.3 Å². The number of aliphatic hydroxyl groups excluding tert-OH is 1. The Kier molecular flexibility index (Phi) is 9.83. The summed E-state index contributed by atoms with van der Waals surface area (Å²) in [5, 5.41) is 10.8. The molecule has 1 amide bonds. The number of anilines is 1. The van der Waals surface area contributed by atoms with Crippen LogP contribution in [0.15, 0.2) is 61.7 Å². The Morgan fingerprint density at radius 1 is 1.18 bits per heavy atom. The van der Waals surface area contributed by atoms with E-state index in [4.69, 9.17) is 16.3 Å². The molecule has 3 aliphatic rings. The van der Waals surface area contributed by atoms with Crippen LogP contribution in [0.25, 0.3) is 0 Å². The zero-order valence-electron chi connectivity index (χ0n) is 25.8. The molecule has 0 radical (unpaired) electrons. The summed E-state index contributed by atoms with van der Waals surface area (Å²) in [6.45, 7) is 12.8. The number of halogens is 1. The molecule has 2 aliphatic carbocycles. The molecule has 1 saturated carbocycles. The molecule has 7 nitrogen and oxygen atoms in total. The van der Waals surface area contributed by atoms with Crippen molar-refractivity contribution in [2.24, 2.45) is 17.8 Å². The highest BCUT2D eigenvalue weighted by molar-refractivity contribution is 7.90. The van der Waals surface area contributed by atoms with Gasteiger partial charge >= 0.3 is 0 Å². The van der Waals surface area contributed by atoms with Gasteiger partial charge in [-0.2, -0.15) is 0 Å². The van der Waals surface area contributed by atoms with E-state index >= 15 is 0 Å². The third kappa shape index (κ3) is 6.58. The van der Waals surface area contributed by atoms with Crippen molar-refractivity contribution in [2.45, 2.75) is 75.6 Å². The number of fused-ring (bicyclic) bond motifs is 3. The molecule has 0 bridgehead atoms. The first-order valence-corrected chi connectivity index (χ1v) is 17.7. The van der Waals surface area contributed by atoms with Crippen molar-refractivity contribution in [3.63, 3.8) is 0 Å². The van der Waals surface area contributed by atoms with Crippen molar-refractivity contribution in [1.82, 2.24) is 4.72 Å². The van der Waals surface area contributed by atoms with Crippen LogP contribution < -0.4 is 14.4 Å². The summed E-state index contributed by atoms with van der Waals surface area (Å²) >= 11 is 6.39. The van der Waals surface area contributed by atoms with Crippen LogP contribution >= 0.6 is 11.6 Å². The van der Waals surface area contributed by atoms with Gasteiger partial charge in [0.1, 0.15) is 5.75 Å². The molecule has 0 saturated heterocycles. The van der Waals surface area contributed by atoms with Crippen molar-refractivity contribution >= 4 is 33.2 Å². The van der Waals surface area contributed by atoms with Crippen LogP contribution in [0.3, 0.4) is 0 Å². The predicted molar refractivity (Wildman–Crippen MR) is 177 cm³/mol. The maximum absolute atomic E-state index is 13.4. The Hall–Kier alpha value is -2.81. The van der Waals surface area contributed by atoms with Gasteiger partial charge in [-0.25, -0.2) is 13.1 Å². The molecule has 5 rings (SSSR count). The molecular weight excluding hydrogens is 596 g/mol. The van der Waals surface area contributed by atoms with Gasteiger partial charge in [0.25, 0.3) is 5.91 Å². The fourth-order valence-electron chi connectivity index (χ4n) is 7.25. The van der Waals surface area contributed by atoms with Crippen molar-refractivity contribution in [2.75, 3.05) is 24.6 Å². The average Bonchev–Trinajstić information content (AvgIpc) is 3.11. The minimum Gasteiger partial charge on any atom is -0.490 e. The molecule has 1 aliphatic heterocycles. The molecule has 2 N–H and O–H groups in total. The van der Waals surface area contributed by atoms with Crippen molar-refractivity contribution < 1.29 is 23.1 Å². The summed E-state index contributed by atoms with van der Waals surface area (Å²) in [6.07, 6.45) is 9.00. The standard InChI is InChI=1S/C35H45ClN2O5S/c1-5-8-23(3)24(4)44(41,42)37-34(40)26-12-16-33-31(19-26)38(20-27-11-14-29(27)32(39)9-6-2)21-35(22-43-33)17-7-10-25-18-28(36)13-15-30(25)35/h5-6,12-13,15-16,18-19,23-24,27,29,32,39H,1-2,7-11,14,17,20-22H2,3-4H3,(H,37,40)/t23?,24?,27-,29+,32?,35-/m0/s1. The minimum atomic E-state index is -3.91. The van der Waals surface area contributed by atoms with E-state index in [2.05, 4.69) is 34.9 Å². The number of aryl methyl sites for hydroxylation is 1. The maximum atomic E-state index is 13.4. The van der Waals surface area contributed by atoms with Crippen molar-refractivity contribution in [3.05, 3.63) is 83.4 Å². The van der Waals surface area contributed by atoms with Gasteiger partial charge in [0.2, 0.25) is 10.0 Å². The number of benzene rings is 2. The molecule has 3 unspecified atom stereocenters. The van der Waals surface area contributed by atoms with Gasteiger partial charge in [-0.15, -0.1) is 13.2 Å². The Labute approximate surface area is 267 Å². The molecule has 9 heteroatoms. The fraction of sp³-hybridized carbons (Fsp3) is 0.514. The van der Waals surface area contributed by atoms with Crippen LogP contribution in [0.1, 0.15) is 73.9 Å². The van der Waals surface area contributed by atoms with Crippen LogP contribution in [-0.2, 0) is 21.9 Å². The highest BCUT2D eigenvalue weighted by Gasteiger charge is 2.44. The highest BCUT2D eigenvalue weighted by atomic mass is 35.5. The Morgan fingerprint density at radius 3 is 2.66 bits per heavy atom. The van der Waals surface area contributed by atoms with Gasteiger partial charge in [-0.05, 0) is 111 Å². The molecular formula is C35H45ClN2O5S. The fourth-order valence-corrected chi connectivity index (χ4v) is 8.73. The largest absolute Gasteiger partial charge is 0.490 e. The van der Waals surface area contributed by atoms with Gasteiger partial charge in [0.15, 0.2) is 0 Å². The van der Waals surface area contributed by atoms with Gasteiger partial charge in [-0.3, -0.25) is 4.79 Å². The van der Waals surface area contributed by atoms with Crippen LogP contribution in [0.2, 0.25) is 5.02 Å². The third-order valence-corrected chi connectivity index (χ3v) is 12.3. The first-order valence-electron chi connectivity index (χ1n) is 15.7. The van der Waals surface area contributed by atoms with E-state index in [1.54, 1.807) is 37.3 Å². The number of rotatable bonds is 11. The molecule has 2 aromatic carbocycles. The Bertz CT molecular complexity index is 1510. The van der Waals surface area contributed by atoms with Gasteiger partial charge in [0, 0.05) is 29.1 Å². The molecule has 0 aromatic heterocycles. The van der Waals surface area contributed by atoms with Crippen LogP contribution in [0, 0.1) is 17.8 Å². The number of nitrogens with one attached hydrogen (secondary N) is 1. The Balaban J connectivity index is 1.48. The lowest BCUT2D eigenvalue weighted by Crippen LogP contribution is -2.49. The molecule has 238 valence electrons. The second kappa shape index (κ2) is 13.3. The quantitative estimate of drug-likeness (QED) is 0.275. The van der Waals surface area contributed by atoms with Gasteiger partial charge in [0.05, 0.1) is 23.6 Å². The van der Waals surface area contributed by atoms with Gasteiger partial charge in [-0.1, -0.05) is 36.7 Å². The highest BCUT2D eigenvalue weighted by Crippen LogP contribution is 2.46. The van der Waals surface area contributed by atoms with Crippen molar-refractivity contribution in [3.8, 4) is 5.75 Å². The molecule has 44 heavy (non-hydrogen) atoms. The number of hydrogen-bond donors (Lipinski definition) is 2. The predicted octanol–water partition coefficient (Wildman–Crippen LogP) is 6.44. The lowest BCUT2D eigenvalue weighted by atomic mass is 9.68. The number of hydrogen-bond acceptors (Lipinski definition) is 6. The average molecular weight is 641 g/mol. The molecule has 1 spiro atoms. The molecule has 1 fully saturated rings. The van der Waals surface area contributed by atoms with Crippen molar-refractivity contribution in [1.29, 1.82) is 0 Å². The monoisotopic (exact) mass is 640 g/mol. The topological polar surface area (TPSA) is 95.9 Å². The van der Waals surface area contributed by atoms with E-state index in [0.717, 1.165) is 42.8 Å². The van der Waals surface area contributed by atoms with Crippen LogP contribution in [0.4, 0.5) is 5.69 Å². The number of ether oxygens (including phenoxy) is 1. The van der Waals surface area contributed by atoms with Crippen LogP contribution in [0.5, 0.6) is 5.75 Å². The number of allylic oxidation sites excluding steroid dienone is 1. The van der Waals surface area contributed by atoms with E-state index in [0.29, 0.717) is 38.3 Å². The summed E-state index contributed by atoms with van der Waals surface area (Å²) < 4.78 is 35.0. The molecule has 6 atom stereocenters. The number of carbonyl (C=O) groups is 1. The zero-order valence-corrected chi connectivity index (χ0v) is 27.4. The summed E-state index contributed by atoms with van der Waals surface area (Å²) in [4.78, 5) is 15.7. The van der Waals surface area contributed by atoms with E-state index in [1.165, 1.54) is 11.1 Å². The smallest absolute Gasteiger partial charge is 0.264 e. The van der Waals surface area contributed by atoms with E-state index < -0.39 is 27.3 Å². The van der Waals surface area contributed by atoms with Gasteiger partial charge < -0.3 is 14.7 Å². The van der Waals surface area contributed by atoms with Crippen LogP contribution in [-0.4, -0.2) is 50.5 Å². The number of nitrogens with zero attached hydrogens (tertiary/aromatic N) is 1. The number of carbonyl (C=O) groups excluding carboxylic acids is 1. The SMILES string of the molecule is C=CCC(C)C(C)S(=O)(=O)NC(=O)c1ccc2c(c1)N(C[C@@H]1CC[C@H]1C(O)CC=C)C[C@@]1(CCCc3cc(Cl)ccc31)CO2. The van der Waals surface area contributed by atoms with E-state index in [-0.39, 0.29) is 28.7 Å². The summed E-state index contributed by atoms with van der Waals surface area (Å²) in [6, 6.07) is 11.3. The normalized spacial score (nSPS) is 24.9. The molecule has 1 heterocycles. The number of aliphatic hydroxyl groups is 1. The lowest BCUT2D eigenvalue weighted by Gasteiger charge is -2.45. The summed E-state index contributed by atoms with van der Waals surface area (Å²) in [5.41, 5.74) is 3.23.